The van der Waals surface area contributed by atoms with E-state index in [9.17, 15) is 14.7 Å². The molecule has 2 amide bonds. The van der Waals surface area contributed by atoms with Crippen molar-refractivity contribution in [2.75, 3.05) is 5.32 Å². The standard InChI is InChI=1S/C18H20N2O3/c1-12-7-9-14(10-8-12)16(19-13(2)21)11-18(23)20-15-5-3-4-6-17(15)22/h3-10,16,22H,11H2,1-2H3,(H,19,21)(H,20,23). The minimum Gasteiger partial charge on any atom is -0.506 e. The molecule has 3 N–H and O–H groups in total. The number of hydrogen-bond acceptors (Lipinski definition) is 3. The predicted molar refractivity (Wildman–Crippen MR) is 89.1 cm³/mol. The molecular weight excluding hydrogens is 292 g/mol. The van der Waals surface area contributed by atoms with E-state index in [1.807, 2.05) is 31.2 Å². The molecule has 2 aromatic rings. The van der Waals surface area contributed by atoms with Crippen LogP contribution in [0.15, 0.2) is 48.5 Å². The predicted octanol–water partition coefficient (Wildman–Crippen LogP) is 2.91. The quantitative estimate of drug-likeness (QED) is 0.743. The molecule has 0 aliphatic carbocycles. The Labute approximate surface area is 135 Å². The van der Waals surface area contributed by atoms with E-state index in [4.69, 9.17) is 0 Å². The highest BCUT2D eigenvalue weighted by Crippen LogP contribution is 2.23. The number of anilines is 1. The molecule has 0 radical (unpaired) electrons. The van der Waals surface area contributed by atoms with Gasteiger partial charge in [0, 0.05) is 6.92 Å². The van der Waals surface area contributed by atoms with E-state index in [1.165, 1.54) is 13.0 Å². The van der Waals surface area contributed by atoms with Crippen LogP contribution < -0.4 is 10.6 Å². The molecule has 5 heteroatoms. The van der Waals surface area contributed by atoms with Crippen LogP contribution in [0.4, 0.5) is 5.69 Å². The molecule has 0 heterocycles. The molecule has 0 saturated carbocycles. The maximum atomic E-state index is 12.2. The molecule has 0 saturated heterocycles. The summed E-state index contributed by atoms with van der Waals surface area (Å²) in [5.74, 6) is -0.482. The monoisotopic (exact) mass is 312 g/mol. The van der Waals surface area contributed by atoms with Crippen LogP contribution in [0.2, 0.25) is 0 Å². The minimum absolute atomic E-state index is 0.00673. The van der Waals surface area contributed by atoms with Crippen molar-refractivity contribution in [3.8, 4) is 5.75 Å². The maximum absolute atomic E-state index is 12.2. The second kappa shape index (κ2) is 7.45. The zero-order valence-electron chi connectivity index (χ0n) is 13.2. The van der Waals surface area contributed by atoms with Crippen molar-refractivity contribution in [3.63, 3.8) is 0 Å². The van der Waals surface area contributed by atoms with Gasteiger partial charge in [-0.3, -0.25) is 9.59 Å². The van der Waals surface area contributed by atoms with Gasteiger partial charge in [-0.2, -0.15) is 0 Å². The van der Waals surface area contributed by atoms with Gasteiger partial charge in [-0.15, -0.1) is 0 Å². The first-order chi connectivity index (χ1) is 11.0. The summed E-state index contributed by atoms with van der Waals surface area (Å²) in [5.41, 5.74) is 2.31. The van der Waals surface area contributed by atoms with Gasteiger partial charge in [0.1, 0.15) is 5.75 Å². The van der Waals surface area contributed by atoms with Gasteiger partial charge in [-0.1, -0.05) is 42.0 Å². The van der Waals surface area contributed by atoms with Gasteiger partial charge >= 0.3 is 0 Å². The Morgan fingerprint density at radius 3 is 2.35 bits per heavy atom. The second-order valence-corrected chi connectivity index (χ2v) is 5.43. The highest BCUT2D eigenvalue weighted by Gasteiger charge is 2.17. The lowest BCUT2D eigenvalue weighted by atomic mass is 10.0. The Hall–Kier alpha value is -2.82. The summed E-state index contributed by atoms with van der Waals surface area (Å²) in [7, 11) is 0. The molecule has 0 aliphatic heterocycles. The molecule has 0 fully saturated rings. The number of benzene rings is 2. The first-order valence-electron chi connectivity index (χ1n) is 7.37. The highest BCUT2D eigenvalue weighted by atomic mass is 16.3. The largest absolute Gasteiger partial charge is 0.506 e. The molecule has 0 spiro atoms. The molecule has 1 atom stereocenters. The van der Waals surface area contributed by atoms with E-state index in [0.29, 0.717) is 5.69 Å². The normalized spacial score (nSPS) is 11.6. The fourth-order valence-corrected chi connectivity index (χ4v) is 2.26. The Kier molecular flexibility index (Phi) is 5.36. The third kappa shape index (κ3) is 4.85. The summed E-state index contributed by atoms with van der Waals surface area (Å²) in [6.07, 6.45) is 0.0803. The van der Waals surface area contributed by atoms with Gasteiger partial charge < -0.3 is 15.7 Å². The Morgan fingerprint density at radius 2 is 1.74 bits per heavy atom. The van der Waals surface area contributed by atoms with E-state index in [1.54, 1.807) is 18.2 Å². The van der Waals surface area contributed by atoms with Crippen molar-refractivity contribution in [3.05, 3.63) is 59.7 Å². The Balaban J connectivity index is 2.11. The van der Waals surface area contributed by atoms with Crippen molar-refractivity contribution in [2.24, 2.45) is 0 Å². The maximum Gasteiger partial charge on any atom is 0.226 e. The van der Waals surface area contributed by atoms with Crippen LogP contribution in [0.5, 0.6) is 5.75 Å². The first kappa shape index (κ1) is 16.5. The minimum atomic E-state index is -0.418. The van der Waals surface area contributed by atoms with Crippen LogP contribution in [0.1, 0.15) is 30.5 Å². The van der Waals surface area contributed by atoms with E-state index < -0.39 is 6.04 Å². The van der Waals surface area contributed by atoms with Gasteiger partial charge in [-0.25, -0.2) is 0 Å². The van der Waals surface area contributed by atoms with E-state index in [0.717, 1.165) is 11.1 Å². The van der Waals surface area contributed by atoms with Crippen LogP contribution in [-0.4, -0.2) is 16.9 Å². The molecule has 1 unspecified atom stereocenters. The lowest BCUT2D eigenvalue weighted by Gasteiger charge is -2.18. The average molecular weight is 312 g/mol. The van der Waals surface area contributed by atoms with E-state index >= 15 is 0 Å². The van der Waals surface area contributed by atoms with Crippen LogP contribution >= 0.6 is 0 Å². The van der Waals surface area contributed by atoms with Gasteiger partial charge in [0.2, 0.25) is 11.8 Å². The fraction of sp³-hybridized carbons (Fsp3) is 0.222. The SMILES string of the molecule is CC(=O)NC(CC(=O)Nc1ccccc1O)c1ccc(C)cc1. The van der Waals surface area contributed by atoms with Crippen LogP contribution in [0.3, 0.4) is 0 Å². The summed E-state index contributed by atoms with van der Waals surface area (Å²) in [5, 5.41) is 15.1. The van der Waals surface area contributed by atoms with Crippen molar-refractivity contribution in [2.45, 2.75) is 26.3 Å². The van der Waals surface area contributed by atoms with Crippen molar-refractivity contribution in [1.82, 2.24) is 5.32 Å². The lowest BCUT2D eigenvalue weighted by molar-refractivity contribution is -0.120. The Bertz CT molecular complexity index is 696. The molecule has 0 aliphatic rings. The molecular formula is C18H20N2O3. The van der Waals surface area contributed by atoms with Crippen molar-refractivity contribution < 1.29 is 14.7 Å². The highest BCUT2D eigenvalue weighted by molar-refractivity contribution is 5.93. The van der Waals surface area contributed by atoms with Gasteiger partial charge in [0.05, 0.1) is 18.2 Å². The molecule has 120 valence electrons. The van der Waals surface area contributed by atoms with Crippen molar-refractivity contribution >= 4 is 17.5 Å². The Morgan fingerprint density at radius 1 is 1.09 bits per heavy atom. The third-order valence-corrected chi connectivity index (χ3v) is 3.42. The molecule has 2 aromatic carbocycles. The number of hydrogen-bond donors (Lipinski definition) is 3. The molecule has 5 nitrogen and oxygen atoms in total. The average Bonchev–Trinajstić information content (AvgIpc) is 2.49. The topological polar surface area (TPSA) is 78.4 Å². The summed E-state index contributed by atoms with van der Waals surface area (Å²) >= 11 is 0. The van der Waals surface area contributed by atoms with Gasteiger partial charge in [-0.05, 0) is 24.6 Å². The number of carbonyl (C=O) groups is 2. The van der Waals surface area contributed by atoms with Crippen molar-refractivity contribution in [1.29, 1.82) is 0 Å². The fourth-order valence-electron chi connectivity index (χ4n) is 2.26. The number of carbonyl (C=O) groups excluding carboxylic acids is 2. The number of phenols is 1. The number of aryl methyl sites for hydroxylation is 1. The number of amides is 2. The van der Waals surface area contributed by atoms with Crippen LogP contribution in [0, 0.1) is 6.92 Å². The molecule has 0 aromatic heterocycles. The van der Waals surface area contributed by atoms with E-state index in [-0.39, 0.29) is 24.0 Å². The number of aromatic hydroxyl groups is 1. The number of phenolic OH excluding ortho intramolecular Hbond substituents is 1. The first-order valence-corrected chi connectivity index (χ1v) is 7.37. The summed E-state index contributed by atoms with van der Waals surface area (Å²) in [6.45, 7) is 3.39. The van der Waals surface area contributed by atoms with Gasteiger partial charge in [0.15, 0.2) is 0 Å². The third-order valence-electron chi connectivity index (χ3n) is 3.42. The lowest BCUT2D eigenvalue weighted by Crippen LogP contribution is -2.29. The molecule has 2 rings (SSSR count). The summed E-state index contributed by atoms with van der Waals surface area (Å²) < 4.78 is 0. The van der Waals surface area contributed by atoms with Crippen LogP contribution in [0.25, 0.3) is 0 Å². The van der Waals surface area contributed by atoms with E-state index in [2.05, 4.69) is 10.6 Å². The van der Waals surface area contributed by atoms with Crippen LogP contribution in [-0.2, 0) is 9.59 Å². The molecule has 23 heavy (non-hydrogen) atoms. The number of rotatable bonds is 5. The molecule has 0 bridgehead atoms. The smallest absolute Gasteiger partial charge is 0.226 e. The number of para-hydroxylation sites is 2. The summed E-state index contributed by atoms with van der Waals surface area (Å²) in [6, 6.07) is 13.8. The zero-order valence-corrected chi connectivity index (χ0v) is 13.2. The summed E-state index contributed by atoms with van der Waals surface area (Å²) in [4.78, 5) is 23.6. The van der Waals surface area contributed by atoms with Gasteiger partial charge in [0.25, 0.3) is 0 Å². The number of nitrogens with one attached hydrogen (secondary N) is 2. The zero-order chi connectivity index (χ0) is 16.8. The second-order valence-electron chi connectivity index (χ2n) is 5.43.